The second-order valence-corrected chi connectivity index (χ2v) is 4.59. The van der Waals surface area contributed by atoms with E-state index in [0.717, 1.165) is 25.3 Å². The lowest BCUT2D eigenvalue weighted by Gasteiger charge is -2.20. The number of nitrogens with one attached hydrogen (secondary N) is 1. The first-order valence-electron chi connectivity index (χ1n) is 6.70. The van der Waals surface area contributed by atoms with Crippen molar-refractivity contribution in [3.8, 4) is 0 Å². The molecule has 0 aliphatic rings. The fourth-order valence-corrected chi connectivity index (χ4v) is 1.87. The number of rotatable bonds is 8. The number of quaternary nitrogens is 1. The van der Waals surface area contributed by atoms with Gasteiger partial charge in [0.1, 0.15) is 0 Å². The molecule has 0 aliphatic carbocycles. The number of carbonyl (C=O) groups is 1. The molecule has 0 saturated heterocycles. The van der Waals surface area contributed by atoms with Crippen molar-refractivity contribution >= 4 is 17.3 Å². The Labute approximate surface area is 119 Å². The third kappa shape index (κ3) is 5.14. The van der Waals surface area contributed by atoms with Gasteiger partial charge in [0.2, 0.25) is 0 Å². The Morgan fingerprint density at radius 1 is 1.20 bits per heavy atom. The molecule has 1 amide bonds. The maximum absolute atomic E-state index is 12.0. The number of hydrogen-bond acceptors (Lipinski definition) is 5. The predicted octanol–water partition coefficient (Wildman–Crippen LogP) is -1.91. The molecule has 0 atom stereocenters. The molecule has 0 aliphatic heterocycles. The number of nitrogen functional groups attached to an aromatic ring is 1. The quantitative estimate of drug-likeness (QED) is 0.354. The molecule has 0 aromatic heterocycles. The van der Waals surface area contributed by atoms with Crippen LogP contribution in [0, 0.1) is 0 Å². The number of nitrogens with two attached hydrogens (primary N) is 3. The number of hydrogen-bond donors (Lipinski definition) is 5. The summed E-state index contributed by atoms with van der Waals surface area (Å²) in [6.45, 7) is 3.98. The molecule has 7 nitrogen and oxygen atoms in total. The van der Waals surface area contributed by atoms with Crippen LogP contribution >= 0.6 is 0 Å². The first kappa shape index (κ1) is 16.4. The van der Waals surface area contributed by atoms with Crippen LogP contribution in [0.25, 0.3) is 0 Å². The molecule has 7 heteroatoms. The average Bonchev–Trinajstić information content (AvgIpc) is 2.42. The number of amides is 1. The lowest BCUT2D eigenvalue weighted by atomic mass is 10.1. The van der Waals surface area contributed by atoms with E-state index in [1.165, 1.54) is 0 Å². The van der Waals surface area contributed by atoms with Crippen LogP contribution in [0.15, 0.2) is 18.2 Å². The molecule has 1 aromatic carbocycles. The maximum atomic E-state index is 12.0. The Morgan fingerprint density at radius 3 is 2.40 bits per heavy atom. The first-order chi connectivity index (χ1) is 9.58. The third-order valence-corrected chi connectivity index (χ3v) is 3.01. The molecule has 20 heavy (non-hydrogen) atoms. The minimum Gasteiger partial charge on any atom is -0.394 e. The summed E-state index contributed by atoms with van der Waals surface area (Å²) in [4.78, 5) is 14.1. The SMILES string of the molecule is NCCN(CCN)CCNC(=O)c1ccc([NH3+])c(N)c1. The van der Waals surface area contributed by atoms with Gasteiger partial charge in [-0.05, 0) is 12.1 Å². The van der Waals surface area contributed by atoms with E-state index in [4.69, 9.17) is 17.2 Å². The number of carbonyl (C=O) groups excluding carboxylic acids is 1. The van der Waals surface area contributed by atoms with Crippen LogP contribution in [0.3, 0.4) is 0 Å². The van der Waals surface area contributed by atoms with Gasteiger partial charge in [0.05, 0.1) is 5.69 Å². The van der Waals surface area contributed by atoms with Gasteiger partial charge in [0, 0.05) is 50.9 Å². The van der Waals surface area contributed by atoms with Gasteiger partial charge in [-0.3, -0.25) is 9.69 Å². The highest BCUT2D eigenvalue weighted by atomic mass is 16.1. The summed E-state index contributed by atoms with van der Waals surface area (Å²) < 4.78 is 0. The predicted molar refractivity (Wildman–Crippen MR) is 80.3 cm³/mol. The molecule has 0 saturated carbocycles. The number of nitrogens with zero attached hydrogens (tertiary/aromatic N) is 1. The first-order valence-corrected chi connectivity index (χ1v) is 6.70. The van der Waals surface area contributed by atoms with Gasteiger partial charge in [-0.1, -0.05) is 0 Å². The Bertz CT molecular complexity index is 431. The van der Waals surface area contributed by atoms with Crippen molar-refractivity contribution in [2.24, 2.45) is 11.5 Å². The Kier molecular flexibility index (Phi) is 6.96. The lowest BCUT2D eigenvalue weighted by Crippen LogP contribution is -2.41. The van der Waals surface area contributed by atoms with Crippen molar-refractivity contribution in [3.63, 3.8) is 0 Å². The van der Waals surface area contributed by atoms with Crippen LogP contribution in [-0.2, 0) is 0 Å². The summed E-state index contributed by atoms with van der Waals surface area (Å²) in [5.74, 6) is -0.142. The van der Waals surface area contributed by atoms with Crippen molar-refractivity contribution in [2.75, 3.05) is 45.0 Å². The number of benzene rings is 1. The van der Waals surface area contributed by atoms with Crippen LogP contribution in [0.2, 0.25) is 0 Å². The Hall–Kier alpha value is -1.67. The van der Waals surface area contributed by atoms with Gasteiger partial charge in [-0.2, -0.15) is 0 Å². The summed E-state index contributed by atoms with van der Waals surface area (Å²) in [5, 5.41) is 2.85. The van der Waals surface area contributed by atoms with Crippen LogP contribution < -0.4 is 28.3 Å². The topological polar surface area (TPSA) is 138 Å². The molecule has 0 bridgehead atoms. The minimum absolute atomic E-state index is 0.142. The van der Waals surface area contributed by atoms with Crippen molar-refractivity contribution in [1.82, 2.24) is 10.2 Å². The van der Waals surface area contributed by atoms with E-state index >= 15 is 0 Å². The van der Waals surface area contributed by atoms with Gasteiger partial charge < -0.3 is 28.3 Å². The normalized spacial score (nSPS) is 10.8. The molecule has 112 valence electrons. The van der Waals surface area contributed by atoms with Gasteiger partial charge in [0.15, 0.2) is 5.69 Å². The maximum Gasteiger partial charge on any atom is 0.251 e. The third-order valence-electron chi connectivity index (χ3n) is 3.01. The van der Waals surface area contributed by atoms with Gasteiger partial charge in [0.25, 0.3) is 5.91 Å². The van der Waals surface area contributed by atoms with Crippen LogP contribution in [0.4, 0.5) is 11.4 Å². The van der Waals surface area contributed by atoms with Crippen LogP contribution in [0.5, 0.6) is 0 Å². The zero-order valence-corrected chi connectivity index (χ0v) is 11.8. The van der Waals surface area contributed by atoms with E-state index in [-0.39, 0.29) is 5.91 Å². The van der Waals surface area contributed by atoms with E-state index in [1.54, 1.807) is 18.2 Å². The van der Waals surface area contributed by atoms with Crippen molar-refractivity contribution in [1.29, 1.82) is 0 Å². The highest BCUT2D eigenvalue weighted by molar-refractivity contribution is 5.95. The molecule has 1 aromatic rings. The zero-order valence-electron chi connectivity index (χ0n) is 11.8. The largest absolute Gasteiger partial charge is 0.394 e. The highest BCUT2D eigenvalue weighted by Gasteiger charge is 2.09. The molecular formula is C13H25N6O+. The molecular weight excluding hydrogens is 256 g/mol. The molecule has 10 N–H and O–H groups in total. The molecule has 1 rings (SSSR count). The summed E-state index contributed by atoms with van der Waals surface area (Å²) in [7, 11) is 0. The molecule has 0 heterocycles. The Morgan fingerprint density at radius 2 is 1.85 bits per heavy atom. The van der Waals surface area contributed by atoms with Crippen molar-refractivity contribution in [2.45, 2.75) is 0 Å². The van der Waals surface area contributed by atoms with E-state index in [0.29, 0.717) is 30.9 Å². The minimum atomic E-state index is -0.142. The van der Waals surface area contributed by atoms with E-state index < -0.39 is 0 Å². The zero-order chi connectivity index (χ0) is 15.0. The fraction of sp³-hybridized carbons (Fsp3) is 0.462. The fourth-order valence-electron chi connectivity index (χ4n) is 1.87. The van der Waals surface area contributed by atoms with Gasteiger partial charge in [-0.15, -0.1) is 0 Å². The number of anilines is 1. The summed E-state index contributed by atoms with van der Waals surface area (Å²) in [5.41, 5.74) is 22.3. The second-order valence-electron chi connectivity index (χ2n) is 4.59. The monoisotopic (exact) mass is 281 g/mol. The second kappa shape index (κ2) is 8.49. The smallest absolute Gasteiger partial charge is 0.251 e. The van der Waals surface area contributed by atoms with Gasteiger partial charge >= 0.3 is 0 Å². The molecule has 0 spiro atoms. The van der Waals surface area contributed by atoms with E-state index in [1.807, 2.05) is 0 Å². The summed E-state index contributed by atoms with van der Waals surface area (Å²) in [6.07, 6.45) is 0. The summed E-state index contributed by atoms with van der Waals surface area (Å²) >= 11 is 0. The van der Waals surface area contributed by atoms with Crippen LogP contribution in [-0.4, -0.2) is 50.1 Å². The molecule has 0 radical (unpaired) electrons. The van der Waals surface area contributed by atoms with E-state index in [2.05, 4.69) is 16.0 Å². The standard InChI is InChI=1S/C13H24N6O/c14-3-6-19(7-4-15)8-5-18-13(20)10-1-2-11(16)12(17)9-10/h1-2,9H,3-8,14-17H2,(H,18,20)/p+1. The summed E-state index contributed by atoms with van der Waals surface area (Å²) in [6, 6.07) is 5.08. The van der Waals surface area contributed by atoms with Crippen LogP contribution in [0.1, 0.15) is 10.4 Å². The van der Waals surface area contributed by atoms with Gasteiger partial charge in [-0.25, -0.2) is 0 Å². The molecule has 0 unspecified atom stereocenters. The van der Waals surface area contributed by atoms with Crippen molar-refractivity contribution in [3.05, 3.63) is 23.8 Å². The highest BCUT2D eigenvalue weighted by Crippen LogP contribution is 2.14. The van der Waals surface area contributed by atoms with E-state index in [9.17, 15) is 4.79 Å². The Balaban J connectivity index is 2.44. The van der Waals surface area contributed by atoms with Crippen molar-refractivity contribution < 1.29 is 10.5 Å². The average molecular weight is 281 g/mol. The molecule has 0 fully saturated rings. The lowest BCUT2D eigenvalue weighted by molar-refractivity contribution is -0.253.